The summed E-state index contributed by atoms with van der Waals surface area (Å²) in [6, 6.07) is 14.8. The van der Waals surface area contributed by atoms with Crippen molar-refractivity contribution in [1.82, 2.24) is 10.6 Å². The third-order valence-corrected chi connectivity index (χ3v) is 4.49. The first kappa shape index (κ1) is 14.7. The van der Waals surface area contributed by atoms with Crippen LogP contribution in [-0.4, -0.2) is 11.8 Å². The van der Waals surface area contributed by atoms with Gasteiger partial charge in [0.1, 0.15) is 0 Å². The highest BCUT2D eigenvalue weighted by Gasteiger charge is 2.41. The normalized spacial score (nSPS) is 16.4. The number of amides is 2. The molecule has 0 bridgehead atoms. The second-order valence-corrected chi connectivity index (χ2v) is 6.16. The molecule has 0 atom stereocenters. The summed E-state index contributed by atoms with van der Waals surface area (Å²) < 4.78 is 0. The molecular formula is C19H13ClN2O2. The van der Waals surface area contributed by atoms with Gasteiger partial charge < -0.3 is 10.6 Å². The number of rotatable bonds is 2. The number of fused-ring (bicyclic) bond motifs is 1. The highest BCUT2D eigenvalue weighted by atomic mass is 35.5. The van der Waals surface area contributed by atoms with E-state index in [2.05, 4.69) is 10.6 Å². The topological polar surface area (TPSA) is 58.2 Å². The first-order chi connectivity index (χ1) is 11.6. The fourth-order valence-electron chi connectivity index (χ4n) is 2.98. The van der Waals surface area contributed by atoms with Gasteiger partial charge in [-0.25, -0.2) is 0 Å². The molecule has 24 heavy (non-hydrogen) atoms. The lowest BCUT2D eigenvalue weighted by Crippen LogP contribution is -2.21. The first-order valence-corrected chi connectivity index (χ1v) is 7.87. The molecular weight excluding hydrogens is 324 g/mol. The van der Waals surface area contributed by atoms with Gasteiger partial charge in [0.05, 0.1) is 22.5 Å². The van der Waals surface area contributed by atoms with Gasteiger partial charge in [0, 0.05) is 10.6 Å². The summed E-state index contributed by atoms with van der Waals surface area (Å²) in [7, 11) is 0. The molecule has 118 valence electrons. The molecule has 0 aromatic heterocycles. The number of hydrogen-bond acceptors (Lipinski definition) is 2. The number of aryl methyl sites for hydroxylation is 1. The number of halogens is 1. The van der Waals surface area contributed by atoms with Gasteiger partial charge in [0.25, 0.3) is 11.8 Å². The molecule has 2 aromatic rings. The molecule has 2 aliphatic heterocycles. The second-order valence-electron chi connectivity index (χ2n) is 5.75. The first-order valence-electron chi connectivity index (χ1n) is 7.50. The maximum atomic E-state index is 12.5. The molecule has 0 saturated carbocycles. The minimum Gasteiger partial charge on any atom is -0.321 e. The van der Waals surface area contributed by atoms with Crippen molar-refractivity contribution < 1.29 is 9.59 Å². The molecule has 2 aromatic carbocycles. The molecule has 0 spiro atoms. The van der Waals surface area contributed by atoms with E-state index in [0.717, 1.165) is 11.1 Å². The van der Waals surface area contributed by atoms with Crippen molar-refractivity contribution in [3.63, 3.8) is 0 Å². The lowest BCUT2D eigenvalue weighted by molar-refractivity contribution is -0.117. The fourth-order valence-corrected chi connectivity index (χ4v) is 3.21. The lowest BCUT2D eigenvalue weighted by atomic mass is 10.0. The Morgan fingerprint density at radius 2 is 1.38 bits per heavy atom. The van der Waals surface area contributed by atoms with E-state index in [9.17, 15) is 9.59 Å². The smallest absolute Gasteiger partial charge is 0.258 e. The van der Waals surface area contributed by atoms with E-state index in [1.165, 1.54) is 0 Å². The molecule has 0 unspecified atom stereocenters. The van der Waals surface area contributed by atoms with Gasteiger partial charge in [-0.05, 0) is 18.6 Å². The van der Waals surface area contributed by atoms with Crippen LogP contribution in [0.25, 0.3) is 11.4 Å². The summed E-state index contributed by atoms with van der Waals surface area (Å²) in [5, 5.41) is 6.10. The second kappa shape index (κ2) is 5.35. The molecule has 2 N–H and O–H groups in total. The van der Waals surface area contributed by atoms with E-state index in [4.69, 9.17) is 11.6 Å². The molecule has 5 heteroatoms. The number of carbonyl (C=O) groups is 2. The number of hydrogen-bond donors (Lipinski definition) is 2. The van der Waals surface area contributed by atoms with E-state index < -0.39 is 0 Å². The molecule has 0 radical (unpaired) electrons. The van der Waals surface area contributed by atoms with Crippen LogP contribution in [0.4, 0.5) is 0 Å². The fraction of sp³-hybridized carbons (Fsp3) is 0.0526. The third kappa shape index (κ3) is 2.15. The lowest BCUT2D eigenvalue weighted by Gasteiger charge is -2.08. The number of benzene rings is 2. The highest BCUT2D eigenvalue weighted by molar-refractivity contribution is 6.35. The van der Waals surface area contributed by atoms with Gasteiger partial charge in [-0.2, -0.15) is 0 Å². The van der Waals surface area contributed by atoms with Crippen molar-refractivity contribution in [2.75, 3.05) is 0 Å². The van der Waals surface area contributed by atoms with E-state index in [0.29, 0.717) is 33.1 Å². The Hall–Kier alpha value is -2.85. The van der Waals surface area contributed by atoms with Crippen molar-refractivity contribution in [2.45, 2.75) is 6.92 Å². The van der Waals surface area contributed by atoms with Crippen molar-refractivity contribution in [3.05, 3.63) is 81.4 Å². The molecule has 2 amide bonds. The minimum absolute atomic E-state index is 0.297. The van der Waals surface area contributed by atoms with E-state index in [1.54, 1.807) is 18.2 Å². The Kier molecular flexibility index (Phi) is 3.28. The number of nitrogens with one attached hydrogen (secondary N) is 2. The summed E-state index contributed by atoms with van der Waals surface area (Å²) in [5.74, 6) is -0.595. The third-order valence-electron chi connectivity index (χ3n) is 4.16. The van der Waals surface area contributed by atoms with Crippen LogP contribution in [0, 0.1) is 6.92 Å². The quantitative estimate of drug-likeness (QED) is 0.885. The Labute approximate surface area is 143 Å². The number of carbonyl (C=O) groups excluding carboxylic acids is 2. The van der Waals surface area contributed by atoms with Gasteiger partial charge in [0.15, 0.2) is 0 Å². The molecule has 0 saturated heterocycles. The van der Waals surface area contributed by atoms with E-state index in [-0.39, 0.29) is 11.8 Å². The Morgan fingerprint density at radius 1 is 0.792 bits per heavy atom. The average molecular weight is 337 g/mol. The Balaban J connectivity index is 1.92. The highest BCUT2D eigenvalue weighted by Crippen LogP contribution is 2.38. The predicted molar refractivity (Wildman–Crippen MR) is 92.8 cm³/mol. The Morgan fingerprint density at radius 3 is 2.04 bits per heavy atom. The molecule has 2 heterocycles. The molecule has 0 aliphatic carbocycles. The van der Waals surface area contributed by atoms with Crippen LogP contribution in [0.2, 0.25) is 5.02 Å². The van der Waals surface area contributed by atoms with Crippen LogP contribution in [0.5, 0.6) is 0 Å². The maximum absolute atomic E-state index is 12.5. The van der Waals surface area contributed by atoms with Gasteiger partial charge in [0.2, 0.25) is 0 Å². The standard InChI is InChI=1S/C19H13ClN2O2/c1-10-6-8-11(9-7-10)16-14-15(19(24)21-16)17(22-18(14)23)12-4-2-3-5-13(12)20/h2-9H,1H3,(H,21,24)(H,22,23). The SMILES string of the molecule is Cc1ccc(C2=C3C(=O)NC(c4ccccc4Cl)=C3C(=O)N2)cc1. The van der Waals surface area contributed by atoms with Crippen LogP contribution in [0.3, 0.4) is 0 Å². The summed E-state index contributed by atoms with van der Waals surface area (Å²) in [6.45, 7) is 1.98. The predicted octanol–water partition coefficient (Wildman–Crippen LogP) is 3.03. The summed E-state index contributed by atoms with van der Waals surface area (Å²) in [4.78, 5) is 25.0. The van der Waals surface area contributed by atoms with E-state index >= 15 is 0 Å². The summed E-state index contributed by atoms with van der Waals surface area (Å²) in [6.07, 6.45) is 0. The summed E-state index contributed by atoms with van der Waals surface area (Å²) >= 11 is 6.23. The monoisotopic (exact) mass is 336 g/mol. The molecule has 4 nitrogen and oxygen atoms in total. The van der Waals surface area contributed by atoms with Crippen LogP contribution in [0.1, 0.15) is 16.7 Å². The van der Waals surface area contributed by atoms with Gasteiger partial charge >= 0.3 is 0 Å². The van der Waals surface area contributed by atoms with Crippen molar-refractivity contribution in [3.8, 4) is 0 Å². The molecule has 0 fully saturated rings. The molecule has 4 rings (SSSR count). The zero-order chi connectivity index (χ0) is 16.8. The van der Waals surface area contributed by atoms with Crippen LogP contribution in [-0.2, 0) is 9.59 Å². The zero-order valence-electron chi connectivity index (χ0n) is 12.8. The van der Waals surface area contributed by atoms with Crippen LogP contribution in [0.15, 0.2) is 59.7 Å². The van der Waals surface area contributed by atoms with Crippen molar-refractivity contribution in [2.24, 2.45) is 0 Å². The van der Waals surface area contributed by atoms with E-state index in [1.807, 2.05) is 37.3 Å². The molecule has 2 aliphatic rings. The average Bonchev–Trinajstić information content (AvgIpc) is 3.08. The maximum Gasteiger partial charge on any atom is 0.258 e. The van der Waals surface area contributed by atoms with Crippen molar-refractivity contribution in [1.29, 1.82) is 0 Å². The zero-order valence-corrected chi connectivity index (χ0v) is 13.6. The summed E-state index contributed by atoms with van der Waals surface area (Å²) in [5.41, 5.74) is 4.27. The van der Waals surface area contributed by atoms with Gasteiger partial charge in [-0.3, -0.25) is 9.59 Å². The van der Waals surface area contributed by atoms with Gasteiger partial charge in [-0.15, -0.1) is 0 Å². The minimum atomic E-state index is -0.297. The largest absolute Gasteiger partial charge is 0.321 e. The Bertz CT molecular complexity index is 956. The van der Waals surface area contributed by atoms with Crippen LogP contribution >= 0.6 is 11.6 Å². The van der Waals surface area contributed by atoms with Crippen molar-refractivity contribution >= 4 is 34.8 Å². The van der Waals surface area contributed by atoms with Gasteiger partial charge in [-0.1, -0.05) is 59.6 Å². The van der Waals surface area contributed by atoms with Crippen LogP contribution < -0.4 is 10.6 Å².